The average molecular weight is 206 g/mol. The zero-order valence-electron chi connectivity index (χ0n) is 8.82. The molecule has 0 aromatic carbocycles. The van der Waals surface area contributed by atoms with Gasteiger partial charge in [0.1, 0.15) is 11.7 Å². The molecule has 2 N–H and O–H groups in total. The molecule has 2 atom stereocenters. The summed E-state index contributed by atoms with van der Waals surface area (Å²) in [5.74, 6) is -0.137. The fourth-order valence-corrected chi connectivity index (χ4v) is 1.23. The van der Waals surface area contributed by atoms with Crippen molar-refractivity contribution < 1.29 is 4.79 Å². The lowest BCUT2D eigenvalue weighted by Gasteiger charge is -2.13. The number of hydrogen-bond donors (Lipinski definition) is 2. The number of hydrogen-bond acceptors (Lipinski definition) is 3. The summed E-state index contributed by atoms with van der Waals surface area (Å²) < 4.78 is 0. The van der Waals surface area contributed by atoms with Crippen LogP contribution in [0.2, 0.25) is 0 Å². The van der Waals surface area contributed by atoms with Crippen LogP contribution in [0.5, 0.6) is 0 Å². The predicted molar refractivity (Wildman–Crippen MR) is 54.5 cm³/mol. The smallest absolute Gasteiger partial charge is 0.237 e. The molecule has 0 fully saturated rings. The summed E-state index contributed by atoms with van der Waals surface area (Å²) in [6.07, 6.45) is 3.84. The van der Waals surface area contributed by atoms with Crippen LogP contribution in [0.3, 0.4) is 0 Å². The van der Waals surface area contributed by atoms with Crippen LogP contribution in [-0.4, -0.2) is 15.9 Å². The highest BCUT2D eigenvalue weighted by molar-refractivity contribution is 5.81. The first kappa shape index (κ1) is 11.2. The number of amides is 1. The molecule has 0 radical (unpaired) electrons. The number of H-pyrrole nitrogens is 1. The standard InChI is InChI=1S/C10H14N4O/c1-3-8(6-11)10(15)14-7(2)9-12-4-5-13-9/h4-5,7-8H,3H2,1-2H3,(H,12,13)(H,14,15). The molecule has 1 rings (SSSR count). The van der Waals surface area contributed by atoms with Crippen LogP contribution in [0.1, 0.15) is 32.1 Å². The molecular weight excluding hydrogens is 192 g/mol. The third-order valence-corrected chi connectivity index (χ3v) is 2.17. The maximum Gasteiger partial charge on any atom is 0.237 e. The topological polar surface area (TPSA) is 81.6 Å². The van der Waals surface area contributed by atoms with Gasteiger partial charge in [0.15, 0.2) is 0 Å². The summed E-state index contributed by atoms with van der Waals surface area (Å²) in [4.78, 5) is 18.5. The van der Waals surface area contributed by atoms with Gasteiger partial charge in [-0.2, -0.15) is 5.26 Å². The van der Waals surface area contributed by atoms with Gasteiger partial charge in [-0.05, 0) is 13.3 Å². The van der Waals surface area contributed by atoms with Crippen LogP contribution in [0.15, 0.2) is 12.4 Å². The molecule has 1 heterocycles. The summed E-state index contributed by atoms with van der Waals surface area (Å²) in [6, 6.07) is 1.76. The van der Waals surface area contributed by atoms with Crippen LogP contribution in [0.4, 0.5) is 0 Å². The molecule has 0 aliphatic rings. The van der Waals surface area contributed by atoms with Crippen LogP contribution in [0, 0.1) is 17.2 Å². The molecule has 1 aromatic heterocycles. The number of aromatic nitrogens is 2. The highest BCUT2D eigenvalue weighted by Crippen LogP contribution is 2.08. The van der Waals surface area contributed by atoms with Gasteiger partial charge in [0, 0.05) is 12.4 Å². The molecule has 1 aromatic rings. The Morgan fingerprint density at radius 1 is 1.80 bits per heavy atom. The van der Waals surface area contributed by atoms with Gasteiger partial charge in [-0.25, -0.2) is 4.98 Å². The van der Waals surface area contributed by atoms with Crippen molar-refractivity contribution in [2.45, 2.75) is 26.3 Å². The SMILES string of the molecule is CCC(C#N)C(=O)NC(C)c1ncc[nH]1. The minimum atomic E-state index is -0.581. The Kier molecular flexibility index (Phi) is 3.86. The molecule has 0 saturated heterocycles. The fourth-order valence-electron chi connectivity index (χ4n) is 1.23. The number of imidazole rings is 1. The normalized spacial score (nSPS) is 13.9. The lowest BCUT2D eigenvalue weighted by Crippen LogP contribution is -2.32. The quantitative estimate of drug-likeness (QED) is 0.774. The average Bonchev–Trinajstić information content (AvgIpc) is 2.72. The Morgan fingerprint density at radius 3 is 3.00 bits per heavy atom. The van der Waals surface area contributed by atoms with E-state index in [4.69, 9.17) is 5.26 Å². The number of aromatic amines is 1. The Labute approximate surface area is 88.5 Å². The molecule has 80 valence electrons. The fraction of sp³-hybridized carbons (Fsp3) is 0.500. The van der Waals surface area contributed by atoms with Crippen molar-refractivity contribution >= 4 is 5.91 Å². The van der Waals surface area contributed by atoms with E-state index in [0.717, 1.165) is 0 Å². The van der Waals surface area contributed by atoms with Gasteiger partial charge in [0.2, 0.25) is 5.91 Å². The molecule has 5 nitrogen and oxygen atoms in total. The number of nitrogens with zero attached hydrogens (tertiary/aromatic N) is 2. The molecule has 15 heavy (non-hydrogen) atoms. The first-order valence-corrected chi connectivity index (χ1v) is 4.88. The first-order chi connectivity index (χ1) is 7.19. The lowest BCUT2D eigenvalue weighted by atomic mass is 10.1. The highest BCUT2D eigenvalue weighted by Gasteiger charge is 2.18. The van der Waals surface area contributed by atoms with Gasteiger partial charge in [-0.15, -0.1) is 0 Å². The van der Waals surface area contributed by atoms with E-state index in [1.807, 2.05) is 19.9 Å². The van der Waals surface area contributed by atoms with Crippen molar-refractivity contribution in [1.82, 2.24) is 15.3 Å². The summed E-state index contributed by atoms with van der Waals surface area (Å²) in [6.45, 7) is 3.63. The van der Waals surface area contributed by atoms with Gasteiger partial charge in [-0.3, -0.25) is 4.79 Å². The monoisotopic (exact) mass is 206 g/mol. The number of rotatable bonds is 4. The third-order valence-electron chi connectivity index (χ3n) is 2.17. The van der Waals surface area contributed by atoms with Gasteiger partial charge < -0.3 is 10.3 Å². The van der Waals surface area contributed by atoms with Gasteiger partial charge in [0.05, 0.1) is 12.1 Å². The molecular formula is C10H14N4O. The minimum Gasteiger partial charge on any atom is -0.347 e. The van der Waals surface area contributed by atoms with Gasteiger partial charge in [-0.1, -0.05) is 6.92 Å². The minimum absolute atomic E-state index is 0.199. The van der Waals surface area contributed by atoms with E-state index < -0.39 is 5.92 Å². The number of nitriles is 1. The molecule has 0 saturated carbocycles. The van der Waals surface area contributed by atoms with Crippen molar-refractivity contribution in [3.05, 3.63) is 18.2 Å². The number of carbonyl (C=O) groups excluding carboxylic acids is 1. The Morgan fingerprint density at radius 2 is 2.53 bits per heavy atom. The van der Waals surface area contributed by atoms with Gasteiger partial charge in [0.25, 0.3) is 0 Å². The number of nitrogens with one attached hydrogen (secondary N) is 2. The highest BCUT2D eigenvalue weighted by atomic mass is 16.1. The summed E-state index contributed by atoms with van der Waals surface area (Å²) in [7, 11) is 0. The van der Waals surface area contributed by atoms with Crippen molar-refractivity contribution in [2.75, 3.05) is 0 Å². The van der Waals surface area contributed by atoms with E-state index in [2.05, 4.69) is 15.3 Å². The van der Waals surface area contributed by atoms with Crippen LogP contribution >= 0.6 is 0 Å². The molecule has 0 bridgehead atoms. The van der Waals surface area contributed by atoms with E-state index in [-0.39, 0.29) is 11.9 Å². The maximum absolute atomic E-state index is 11.5. The summed E-state index contributed by atoms with van der Waals surface area (Å²) in [5.41, 5.74) is 0. The van der Waals surface area contributed by atoms with Crippen molar-refractivity contribution in [3.63, 3.8) is 0 Å². The van der Waals surface area contributed by atoms with E-state index >= 15 is 0 Å². The maximum atomic E-state index is 11.5. The van der Waals surface area contributed by atoms with E-state index in [1.165, 1.54) is 0 Å². The largest absolute Gasteiger partial charge is 0.347 e. The van der Waals surface area contributed by atoms with Crippen LogP contribution < -0.4 is 5.32 Å². The van der Waals surface area contributed by atoms with Crippen molar-refractivity contribution in [3.8, 4) is 6.07 Å². The Balaban J connectivity index is 2.56. The van der Waals surface area contributed by atoms with Crippen molar-refractivity contribution in [1.29, 1.82) is 5.26 Å². The molecule has 0 aliphatic carbocycles. The zero-order chi connectivity index (χ0) is 11.3. The molecule has 0 aliphatic heterocycles. The van der Waals surface area contributed by atoms with Crippen molar-refractivity contribution in [2.24, 2.45) is 5.92 Å². The molecule has 1 amide bonds. The van der Waals surface area contributed by atoms with E-state index in [1.54, 1.807) is 12.4 Å². The van der Waals surface area contributed by atoms with E-state index in [9.17, 15) is 4.79 Å². The number of carbonyl (C=O) groups is 1. The second-order valence-corrected chi connectivity index (χ2v) is 3.29. The summed E-state index contributed by atoms with van der Waals surface area (Å²) >= 11 is 0. The van der Waals surface area contributed by atoms with Crippen LogP contribution in [-0.2, 0) is 4.79 Å². The summed E-state index contributed by atoms with van der Waals surface area (Å²) in [5, 5.41) is 11.4. The zero-order valence-corrected chi connectivity index (χ0v) is 8.82. The van der Waals surface area contributed by atoms with E-state index in [0.29, 0.717) is 12.2 Å². The Bertz CT molecular complexity index is 352. The predicted octanol–water partition coefficient (Wildman–Crippen LogP) is 1.14. The third kappa shape index (κ3) is 2.81. The molecule has 2 unspecified atom stereocenters. The van der Waals surface area contributed by atoms with Crippen LogP contribution in [0.25, 0.3) is 0 Å². The lowest BCUT2D eigenvalue weighted by molar-refractivity contribution is -0.124. The molecule has 0 spiro atoms. The second kappa shape index (κ2) is 5.15. The first-order valence-electron chi connectivity index (χ1n) is 4.88. The second-order valence-electron chi connectivity index (χ2n) is 3.29. The van der Waals surface area contributed by atoms with Gasteiger partial charge >= 0.3 is 0 Å². The Hall–Kier alpha value is -1.83. The molecule has 5 heteroatoms.